The molecule has 1 aromatic carbocycles. The van der Waals surface area contributed by atoms with Crippen molar-refractivity contribution < 1.29 is 19.1 Å². The maximum Gasteiger partial charge on any atom is 0.513 e. The predicted octanol–water partition coefficient (Wildman–Crippen LogP) is 2.47. The first-order valence-electron chi connectivity index (χ1n) is 5.78. The maximum atomic E-state index is 10.4. The van der Waals surface area contributed by atoms with Crippen LogP contribution in [-0.2, 0) is 7.05 Å². The molecular formula is C13H11N3O4. The van der Waals surface area contributed by atoms with E-state index in [1.165, 1.54) is 6.07 Å². The lowest BCUT2D eigenvalue weighted by Crippen LogP contribution is -2.01. The molecule has 0 amide bonds. The van der Waals surface area contributed by atoms with Gasteiger partial charge in [-0.15, -0.1) is 0 Å². The topological polar surface area (TPSA) is 104 Å². The lowest BCUT2D eigenvalue weighted by molar-refractivity contribution is 0.133. The Kier molecular flexibility index (Phi) is 2.60. The number of aromatic nitrogens is 2. The summed E-state index contributed by atoms with van der Waals surface area (Å²) in [5.41, 5.74) is 7.49. The molecule has 0 unspecified atom stereocenters. The number of carbonyl (C=O) groups is 1. The molecule has 0 bridgehead atoms. The van der Waals surface area contributed by atoms with Gasteiger partial charge in [0, 0.05) is 24.1 Å². The predicted molar refractivity (Wildman–Crippen MR) is 71.5 cm³/mol. The monoisotopic (exact) mass is 273 g/mol. The molecule has 3 aromatic rings. The first kappa shape index (κ1) is 12.1. The Balaban J connectivity index is 2.03. The van der Waals surface area contributed by atoms with E-state index in [9.17, 15) is 4.79 Å². The highest BCUT2D eigenvalue weighted by atomic mass is 16.7. The summed E-state index contributed by atoms with van der Waals surface area (Å²) < 4.78 is 11.4. The van der Waals surface area contributed by atoms with E-state index in [0.717, 1.165) is 16.5 Å². The number of nitrogens with zero attached hydrogens (tertiary/aromatic N) is 2. The number of hydrogen-bond acceptors (Lipinski definition) is 5. The summed E-state index contributed by atoms with van der Waals surface area (Å²) in [6.45, 7) is 0. The highest BCUT2D eigenvalue weighted by Gasteiger charge is 2.11. The Morgan fingerprint density at radius 1 is 1.40 bits per heavy atom. The van der Waals surface area contributed by atoms with Gasteiger partial charge in [0.05, 0.1) is 5.52 Å². The van der Waals surface area contributed by atoms with Gasteiger partial charge in [-0.25, -0.2) is 4.79 Å². The van der Waals surface area contributed by atoms with Crippen LogP contribution in [0, 0.1) is 0 Å². The number of aryl methyl sites for hydroxylation is 1. The van der Waals surface area contributed by atoms with E-state index in [0.29, 0.717) is 11.6 Å². The summed E-state index contributed by atoms with van der Waals surface area (Å²) >= 11 is 0. The van der Waals surface area contributed by atoms with Gasteiger partial charge in [0.2, 0.25) is 0 Å². The Morgan fingerprint density at radius 2 is 2.20 bits per heavy atom. The van der Waals surface area contributed by atoms with Gasteiger partial charge in [0.15, 0.2) is 5.82 Å². The van der Waals surface area contributed by atoms with E-state index < -0.39 is 6.16 Å². The molecular weight excluding hydrogens is 262 g/mol. The van der Waals surface area contributed by atoms with Gasteiger partial charge >= 0.3 is 6.16 Å². The third-order valence-electron chi connectivity index (χ3n) is 2.93. The van der Waals surface area contributed by atoms with E-state index >= 15 is 0 Å². The average Bonchev–Trinajstić information content (AvgIpc) is 2.95. The molecule has 0 atom stereocenters. The summed E-state index contributed by atoms with van der Waals surface area (Å²) in [6, 6.07) is 8.62. The number of nitrogens with two attached hydrogens (primary N) is 1. The summed E-state index contributed by atoms with van der Waals surface area (Å²) in [7, 11) is 1.81. The molecule has 7 nitrogen and oxygen atoms in total. The third kappa shape index (κ3) is 1.95. The summed E-state index contributed by atoms with van der Waals surface area (Å²) in [5.74, 6) is 0.844. The van der Waals surface area contributed by atoms with Crippen LogP contribution in [0.5, 0.6) is 5.95 Å². The minimum Gasteiger partial charge on any atom is -0.449 e. The van der Waals surface area contributed by atoms with Crippen LogP contribution in [0.1, 0.15) is 0 Å². The van der Waals surface area contributed by atoms with Crippen molar-refractivity contribution in [2.75, 3.05) is 5.73 Å². The molecule has 0 radical (unpaired) electrons. The van der Waals surface area contributed by atoms with Gasteiger partial charge in [-0.1, -0.05) is 0 Å². The smallest absolute Gasteiger partial charge is 0.449 e. The van der Waals surface area contributed by atoms with Crippen LogP contribution < -0.4 is 10.5 Å². The SMILES string of the molecule is Cn1nc(N)c2cc(-c3ccc(OC(=O)O)o3)ccc21. The zero-order chi connectivity index (χ0) is 14.3. The zero-order valence-corrected chi connectivity index (χ0v) is 10.5. The van der Waals surface area contributed by atoms with Gasteiger partial charge in [0.25, 0.3) is 5.95 Å². The van der Waals surface area contributed by atoms with Crippen LogP contribution in [0.25, 0.3) is 22.2 Å². The average molecular weight is 273 g/mol. The van der Waals surface area contributed by atoms with Crippen molar-refractivity contribution in [1.82, 2.24) is 9.78 Å². The Labute approximate surface area is 113 Å². The molecule has 0 saturated heterocycles. The van der Waals surface area contributed by atoms with Crippen molar-refractivity contribution in [3.63, 3.8) is 0 Å². The quantitative estimate of drug-likeness (QED) is 0.695. The Bertz CT molecular complexity index is 803. The van der Waals surface area contributed by atoms with Gasteiger partial charge in [-0.2, -0.15) is 5.10 Å². The van der Waals surface area contributed by atoms with E-state index in [-0.39, 0.29) is 5.95 Å². The van der Waals surface area contributed by atoms with Gasteiger partial charge in [-0.05, 0) is 24.3 Å². The second kappa shape index (κ2) is 4.30. The molecule has 20 heavy (non-hydrogen) atoms. The van der Waals surface area contributed by atoms with Crippen LogP contribution in [0.15, 0.2) is 34.7 Å². The van der Waals surface area contributed by atoms with E-state index in [4.69, 9.17) is 15.3 Å². The lowest BCUT2D eigenvalue weighted by Gasteiger charge is -1.99. The van der Waals surface area contributed by atoms with Crippen molar-refractivity contribution in [2.45, 2.75) is 0 Å². The van der Waals surface area contributed by atoms with Gasteiger partial charge in [-0.3, -0.25) is 4.68 Å². The highest BCUT2D eigenvalue weighted by molar-refractivity contribution is 5.92. The molecule has 0 aliphatic carbocycles. The van der Waals surface area contributed by atoms with Crippen molar-refractivity contribution in [3.05, 3.63) is 30.3 Å². The number of furan rings is 1. The van der Waals surface area contributed by atoms with E-state index in [2.05, 4.69) is 9.84 Å². The fourth-order valence-electron chi connectivity index (χ4n) is 2.06. The molecule has 102 valence electrons. The first-order valence-corrected chi connectivity index (χ1v) is 5.78. The van der Waals surface area contributed by atoms with Crippen molar-refractivity contribution in [2.24, 2.45) is 7.05 Å². The molecule has 0 fully saturated rings. The number of nitrogen functional groups attached to an aromatic ring is 1. The normalized spacial score (nSPS) is 10.8. The van der Waals surface area contributed by atoms with Crippen molar-refractivity contribution in [3.8, 4) is 17.3 Å². The highest BCUT2D eigenvalue weighted by Crippen LogP contribution is 2.30. The number of ether oxygens (including phenoxy) is 1. The lowest BCUT2D eigenvalue weighted by atomic mass is 10.1. The summed E-state index contributed by atoms with van der Waals surface area (Å²) in [5, 5.41) is 13.5. The number of fused-ring (bicyclic) bond motifs is 1. The molecule has 0 aliphatic heterocycles. The van der Waals surface area contributed by atoms with Crippen LogP contribution in [0.2, 0.25) is 0 Å². The van der Waals surface area contributed by atoms with Gasteiger partial charge in [0.1, 0.15) is 5.76 Å². The third-order valence-corrected chi connectivity index (χ3v) is 2.93. The number of hydrogen-bond donors (Lipinski definition) is 2. The number of rotatable bonds is 2. The van der Waals surface area contributed by atoms with E-state index in [1.54, 1.807) is 10.7 Å². The van der Waals surface area contributed by atoms with Crippen LogP contribution in [0.4, 0.5) is 10.6 Å². The first-order chi connectivity index (χ1) is 9.54. The number of anilines is 1. The Hall–Kier alpha value is -2.96. The molecule has 3 rings (SSSR count). The van der Waals surface area contributed by atoms with Crippen LogP contribution in [0.3, 0.4) is 0 Å². The molecule has 0 saturated carbocycles. The maximum absolute atomic E-state index is 10.4. The second-order valence-corrected chi connectivity index (χ2v) is 4.23. The van der Waals surface area contributed by atoms with E-state index in [1.807, 2.05) is 25.2 Å². The minimum absolute atomic E-state index is 0.0771. The zero-order valence-electron chi connectivity index (χ0n) is 10.5. The fraction of sp³-hybridized carbons (Fsp3) is 0.0769. The molecule has 2 heterocycles. The molecule has 0 spiro atoms. The fourth-order valence-corrected chi connectivity index (χ4v) is 2.06. The molecule has 7 heteroatoms. The van der Waals surface area contributed by atoms with Crippen molar-refractivity contribution >= 4 is 22.9 Å². The summed E-state index contributed by atoms with van der Waals surface area (Å²) in [4.78, 5) is 10.4. The largest absolute Gasteiger partial charge is 0.513 e. The molecule has 0 aliphatic rings. The van der Waals surface area contributed by atoms with Gasteiger partial charge < -0.3 is 20.0 Å². The summed E-state index contributed by atoms with van der Waals surface area (Å²) in [6.07, 6.45) is -1.42. The Morgan fingerprint density at radius 3 is 2.95 bits per heavy atom. The van der Waals surface area contributed by atoms with Crippen molar-refractivity contribution in [1.29, 1.82) is 0 Å². The standard InChI is InChI=1S/C13H11N3O4/c1-16-9-3-2-7(6-8(9)12(14)15-16)10-4-5-11(19-10)20-13(17)18/h2-6H,1H3,(H2,14,15)(H,17,18). The minimum atomic E-state index is -1.42. The second-order valence-electron chi connectivity index (χ2n) is 4.23. The van der Waals surface area contributed by atoms with Crippen LogP contribution in [-0.4, -0.2) is 21.0 Å². The van der Waals surface area contributed by atoms with Crippen LogP contribution >= 0.6 is 0 Å². The number of carboxylic acid groups (broad SMARTS) is 1. The molecule has 2 aromatic heterocycles. The number of benzene rings is 1. The molecule has 3 N–H and O–H groups in total.